The molecular weight excluding hydrogens is 705 g/mol. The van der Waals surface area contributed by atoms with Crippen molar-refractivity contribution in [3.63, 3.8) is 0 Å². The number of likely N-dealkylation sites (tertiary alicyclic amines) is 1. The molecule has 2 aromatic rings. The zero-order valence-corrected chi connectivity index (χ0v) is 32.2. The van der Waals surface area contributed by atoms with Crippen LogP contribution in [0.3, 0.4) is 0 Å². The summed E-state index contributed by atoms with van der Waals surface area (Å²) in [7, 11) is -2.36. The van der Waals surface area contributed by atoms with E-state index in [-0.39, 0.29) is 25.5 Å². The molecule has 5 atom stereocenters. The van der Waals surface area contributed by atoms with Crippen LogP contribution in [0.2, 0.25) is 0 Å². The van der Waals surface area contributed by atoms with Gasteiger partial charge < -0.3 is 25.0 Å². The largest absolute Gasteiger partial charge is 0.446 e. The summed E-state index contributed by atoms with van der Waals surface area (Å²) < 4.78 is 39.5. The van der Waals surface area contributed by atoms with E-state index in [4.69, 9.17) is 9.47 Å². The number of methoxy groups -OCH3 is 1. The molecule has 3 saturated carbocycles. The van der Waals surface area contributed by atoms with Crippen LogP contribution in [0.4, 0.5) is 4.79 Å². The Morgan fingerprint density at radius 1 is 1.04 bits per heavy atom. The number of hydrogen-bond acceptors (Lipinski definition) is 9. The molecule has 14 heteroatoms. The molecule has 4 amide bonds. The Labute approximate surface area is 310 Å². The van der Waals surface area contributed by atoms with Crippen molar-refractivity contribution in [2.24, 2.45) is 11.3 Å². The second kappa shape index (κ2) is 14.2. The number of amides is 4. The van der Waals surface area contributed by atoms with Crippen LogP contribution >= 0.6 is 11.3 Å². The number of ether oxygens (including phenoxy) is 2. The van der Waals surface area contributed by atoms with Crippen molar-refractivity contribution in [1.82, 2.24) is 20.3 Å². The Morgan fingerprint density at radius 2 is 1.71 bits per heavy atom. The third kappa shape index (κ3) is 7.52. The van der Waals surface area contributed by atoms with Crippen molar-refractivity contribution in [1.29, 1.82) is 0 Å². The highest BCUT2D eigenvalue weighted by Crippen LogP contribution is 2.47. The maximum absolute atomic E-state index is 14.7. The van der Waals surface area contributed by atoms with Crippen molar-refractivity contribution in [3.8, 4) is 11.1 Å². The molecule has 1 aromatic heterocycles. The zero-order chi connectivity index (χ0) is 37.6. The number of alkyl carbamates (subject to hydrolysis) is 1. The maximum Gasteiger partial charge on any atom is 0.408 e. The van der Waals surface area contributed by atoms with Gasteiger partial charge in [-0.1, -0.05) is 51.1 Å². The molecule has 3 aliphatic carbocycles. The summed E-state index contributed by atoms with van der Waals surface area (Å²) in [6.07, 6.45) is 5.21. The number of nitrogens with zero attached hydrogens (tertiary/aromatic N) is 1. The molecule has 0 radical (unpaired) electrons. The first-order chi connectivity index (χ1) is 24.5. The molecule has 282 valence electrons. The monoisotopic (exact) mass is 754 g/mol. The second-order valence-electron chi connectivity index (χ2n) is 15.9. The molecule has 0 bridgehead atoms. The van der Waals surface area contributed by atoms with Crippen LogP contribution in [0.5, 0.6) is 0 Å². The molecule has 4 fully saturated rings. The lowest BCUT2D eigenvalue weighted by Crippen LogP contribution is -2.60. The SMILES string of the molecule is C=C[C@@H]1C[C@]1(NC(=O)[C@@H]1C[C@@](OC)(c2ccc(-c3cscc3C)cc2)CN1C(=O)[C@@H](NC(=O)OC1CCCC1)C(C)(C)C)C(=O)NS(=O)(=O)C1CC1. The van der Waals surface area contributed by atoms with Crippen molar-refractivity contribution in [2.75, 3.05) is 13.7 Å². The predicted octanol–water partition coefficient (Wildman–Crippen LogP) is 4.92. The van der Waals surface area contributed by atoms with Crippen LogP contribution in [0.15, 0.2) is 47.7 Å². The fourth-order valence-electron chi connectivity index (χ4n) is 7.57. The minimum absolute atomic E-state index is 0.0245. The van der Waals surface area contributed by atoms with E-state index in [1.807, 2.05) is 45.0 Å². The standard InChI is InChI=1S/C38H50N4O8S2/c1-7-25-18-38(25,34(45)41-52(47,48)28-16-17-28)40-32(43)30-19-37(49-6,26-14-12-24(13-15-26)29-21-51-20-23(29)2)22-42(30)33(44)31(36(3,4)5)39-35(46)50-27-10-8-9-11-27/h7,12-15,20-21,25,27-28,30-31H,1,8-11,16-19,22H2,2-6H3,(H,39,46)(H,40,43)(H,41,45)/t25-,30+,31-,37+,38-/m1/s1. The number of benzene rings is 1. The molecule has 6 rings (SSSR count). The first-order valence-electron chi connectivity index (χ1n) is 18.0. The van der Waals surface area contributed by atoms with Crippen LogP contribution in [0.1, 0.15) is 83.3 Å². The van der Waals surface area contributed by atoms with Crippen LogP contribution in [-0.2, 0) is 39.5 Å². The summed E-state index contributed by atoms with van der Waals surface area (Å²) in [5.74, 6) is -2.48. The lowest BCUT2D eigenvalue weighted by atomic mass is 9.85. The highest BCUT2D eigenvalue weighted by Gasteiger charge is 2.62. The molecule has 2 heterocycles. The molecule has 52 heavy (non-hydrogen) atoms. The van der Waals surface area contributed by atoms with Crippen LogP contribution < -0.4 is 15.4 Å². The third-order valence-electron chi connectivity index (χ3n) is 11.1. The van der Waals surface area contributed by atoms with Gasteiger partial charge in [0.15, 0.2) is 0 Å². The number of carbonyl (C=O) groups excluding carboxylic acids is 4. The highest BCUT2D eigenvalue weighted by atomic mass is 32.2. The molecule has 1 aromatic carbocycles. The summed E-state index contributed by atoms with van der Waals surface area (Å²) in [5, 5.41) is 9.18. The first-order valence-corrected chi connectivity index (χ1v) is 20.5. The third-order valence-corrected chi connectivity index (χ3v) is 13.8. The number of rotatable bonds is 12. The van der Waals surface area contributed by atoms with Crippen molar-refractivity contribution in [2.45, 2.75) is 114 Å². The number of thiophene rings is 1. The van der Waals surface area contributed by atoms with Gasteiger partial charge in [-0.25, -0.2) is 13.2 Å². The van der Waals surface area contributed by atoms with Crippen molar-refractivity contribution in [3.05, 3.63) is 58.8 Å². The molecular formula is C38H50N4O8S2. The van der Waals surface area contributed by atoms with E-state index in [2.05, 4.69) is 39.6 Å². The lowest BCUT2D eigenvalue weighted by molar-refractivity contribution is -0.143. The summed E-state index contributed by atoms with van der Waals surface area (Å²) >= 11 is 1.62. The van der Waals surface area contributed by atoms with Crippen molar-refractivity contribution >= 4 is 45.2 Å². The van der Waals surface area contributed by atoms with Crippen LogP contribution in [-0.4, -0.2) is 79.8 Å². The second-order valence-corrected chi connectivity index (χ2v) is 18.6. The van der Waals surface area contributed by atoms with E-state index >= 15 is 0 Å². The van der Waals surface area contributed by atoms with Gasteiger partial charge >= 0.3 is 6.09 Å². The predicted molar refractivity (Wildman–Crippen MR) is 198 cm³/mol. The van der Waals surface area contributed by atoms with Gasteiger partial charge in [-0.3, -0.25) is 19.1 Å². The van der Waals surface area contributed by atoms with Gasteiger partial charge in [-0.2, -0.15) is 11.3 Å². The normalized spacial score (nSPS) is 26.8. The minimum Gasteiger partial charge on any atom is -0.446 e. The average Bonchev–Trinajstić information content (AvgIpc) is 3.91. The number of hydrogen-bond donors (Lipinski definition) is 3. The number of nitrogens with one attached hydrogen (secondary N) is 3. The van der Waals surface area contributed by atoms with Gasteiger partial charge in [0.05, 0.1) is 11.8 Å². The van der Waals surface area contributed by atoms with Gasteiger partial charge in [0.2, 0.25) is 21.8 Å². The van der Waals surface area contributed by atoms with E-state index in [0.717, 1.165) is 47.9 Å². The summed E-state index contributed by atoms with van der Waals surface area (Å²) in [5.41, 5.74) is 0.582. The average molecular weight is 755 g/mol. The van der Waals surface area contributed by atoms with E-state index in [9.17, 15) is 27.6 Å². The first kappa shape index (κ1) is 38.0. The van der Waals surface area contributed by atoms with Gasteiger partial charge in [0, 0.05) is 19.4 Å². The van der Waals surface area contributed by atoms with Crippen molar-refractivity contribution < 1.29 is 37.1 Å². The molecule has 0 unspecified atom stereocenters. The molecule has 1 saturated heterocycles. The Balaban J connectivity index is 1.32. The Kier molecular flexibility index (Phi) is 10.4. The van der Waals surface area contributed by atoms with Crippen LogP contribution in [0.25, 0.3) is 11.1 Å². The number of sulfonamides is 1. The molecule has 0 spiro atoms. The summed E-state index contributed by atoms with van der Waals surface area (Å²) in [6.45, 7) is 11.3. The Hall–Kier alpha value is -3.75. The van der Waals surface area contributed by atoms with E-state index < -0.39 is 73.6 Å². The Morgan fingerprint density at radius 3 is 2.25 bits per heavy atom. The molecule has 1 aliphatic heterocycles. The number of carbonyl (C=O) groups is 4. The van der Waals surface area contributed by atoms with E-state index in [1.54, 1.807) is 11.3 Å². The zero-order valence-electron chi connectivity index (χ0n) is 30.5. The lowest BCUT2D eigenvalue weighted by Gasteiger charge is -2.36. The van der Waals surface area contributed by atoms with E-state index in [0.29, 0.717) is 12.8 Å². The summed E-state index contributed by atoms with van der Waals surface area (Å²) in [4.78, 5) is 57.3. The summed E-state index contributed by atoms with van der Waals surface area (Å²) in [6, 6.07) is 5.63. The Bertz CT molecular complexity index is 1830. The smallest absolute Gasteiger partial charge is 0.408 e. The molecule has 12 nitrogen and oxygen atoms in total. The highest BCUT2D eigenvalue weighted by molar-refractivity contribution is 7.91. The topological polar surface area (TPSA) is 160 Å². The molecule has 3 N–H and O–H groups in total. The van der Waals surface area contributed by atoms with Gasteiger partial charge in [0.25, 0.3) is 5.91 Å². The van der Waals surface area contributed by atoms with Crippen LogP contribution in [0, 0.1) is 18.3 Å². The van der Waals surface area contributed by atoms with Gasteiger partial charge in [-0.05, 0) is 90.3 Å². The van der Waals surface area contributed by atoms with E-state index in [1.165, 1.54) is 18.1 Å². The fourth-order valence-corrected chi connectivity index (χ4v) is 9.79. The fraction of sp³-hybridized carbons (Fsp3) is 0.579. The van der Waals surface area contributed by atoms with Gasteiger partial charge in [0.1, 0.15) is 29.3 Å². The number of aryl methyl sites for hydroxylation is 1. The minimum atomic E-state index is -3.89. The maximum atomic E-state index is 14.7. The quantitative estimate of drug-likeness (QED) is 0.258. The molecule has 4 aliphatic rings. The van der Waals surface area contributed by atoms with Gasteiger partial charge in [-0.15, -0.1) is 6.58 Å².